The zero-order valence-electron chi connectivity index (χ0n) is 3.26. The predicted molar refractivity (Wildman–Crippen MR) is 26.7 cm³/mol. The molecule has 0 atom stereocenters. The standard InChI is InChI=1S/C2H7N.Cl2/c1-3-2;1-2/h3H,1-2H3;. The van der Waals surface area contributed by atoms with E-state index in [-0.39, 0.29) is 0 Å². The third-order valence-corrected chi connectivity index (χ3v) is 0. The minimum Gasteiger partial charge on any atom is -0.323 e. The molecule has 1 N–H and O–H groups in total. The molecule has 0 aliphatic heterocycles. The average molecular weight is 116 g/mol. The Morgan fingerprint density at radius 1 is 1.20 bits per heavy atom. The summed E-state index contributed by atoms with van der Waals surface area (Å²) in [5, 5.41) is 2.75. The van der Waals surface area contributed by atoms with Gasteiger partial charge < -0.3 is 5.32 Å². The highest BCUT2D eigenvalue weighted by Gasteiger charge is 1.25. The van der Waals surface area contributed by atoms with Gasteiger partial charge in [-0.2, -0.15) is 0 Å². The van der Waals surface area contributed by atoms with Crippen LogP contribution < -0.4 is 5.32 Å². The molecule has 34 valence electrons. The molecule has 0 aromatic heterocycles. The van der Waals surface area contributed by atoms with E-state index >= 15 is 0 Å². The van der Waals surface area contributed by atoms with Gasteiger partial charge in [-0.15, -0.1) is 0 Å². The highest BCUT2D eigenvalue weighted by atomic mass is 36.5. The maximum atomic E-state index is 4.11. The van der Waals surface area contributed by atoms with E-state index in [0.717, 1.165) is 0 Å². The van der Waals surface area contributed by atoms with Crippen molar-refractivity contribution < 1.29 is 0 Å². The van der Waals surface area contributed by atoms with Crippen LogP contribution in [0.15, 0.2) is 0 Å². The second-order valence-electron chi connectivity index (χ2n) is 0.500. The zero-order chi connectivity index (χ0) is 4.71. The molecule has 0 rings (SSSR count). The summed E-state index contributed by atoms with van der Waals surface area (Å²) >= 11 is 0. The van der Waals surface area contributed by atoms with Crippen molar-refractivity contribution in [3.05, 3.63) is 0 Å². The molecule has 0 aliphatic carbocycles. The molecule has 0 fully saturated rings. The molecular weight excluding hydrogens is 109 g/mol. The van der Waals surface area contributed by atoms with Gasteiger partial charge in [-0.3, -0.25) is 0 Å². The first kappa shape index (κ1) is 9.11. The molecule has 0 heterocycles. The van der Waals surface area contributed by atoms with Crippen LogP contribution in [-0.2, 0) is 0 Å². The van der Waals surface area contributed by atoms with Crippen LogP contribution in [0, 0.1) is 0 Å². The van der Waals surface area contributed by atoms with E-state index in [1.807, 2.05) is 14.1 Å². The van der Waals surface area contributed by atoms with Crippen molar-refractivity contribution in [2.24, 2.45) is 0 Å². The Labute approximate surface area is 41.9 Å². The minimum atomic E-state index is 1.88. The highest BCUT2D eigenvalue weighted by Crippen LogP contribution is 1.69. The lowest BCUT2D eigenvalue weighted by Gasteiger charge is -1.59. The van der Waals surface area contributed by atoms with Gasteiger partial charge in [0.05, 0.1) is 0 Å². The van der Waals surface area contributed by atoms with Crippen LogP contribution in [0.4, 0.5) is 0 Å². The molecule has 0 aromatic rings. The third kappa shape index (κ3) is 100. The summed E-state index contributed by atoms with van der Waals surface area (Å²) in [5.41, 5.74) is 0. The van der Waals surface area contributed by atoms with Crippen LogP contribution in [0.3, 0.4) is 0 Å². The second kappa shape index (κ2) is 24.0. The number of nitrogens with one attached hydrogen (secondary N) is 1. The van der Waals surface area contributed by atoms with Gasteiger partial charge in [-0.1, -0.05) is 0 Å². The van der Waals surface area contributed by atoms with Crippen molar-refractivity contribution in [3.8, 4) is 0 Å². The van der Waals surface area contributed by atoms with Gasteiger partial charge >= 0.3 is 0 Å². The molecule has 0 bridgehead atoms. The maximum absolute atomic E-state index is 4.11. The van der Waals surface area contributed by atoms with E-state index in [1.54, 1.807) is 0 Å². The summed E-state index contributed by atoms with van der Waals surface area (Å²) in [6.45, 7) is 0. The van der Waals surface area contributed by atoms with Crippen molar-refractivity contribution in [2.75, 3.05) is 14.1 Å². The van der Waals surface area contributed by atoms with Crippen LogP contribution in [0.25, 0.3) is 0 Å². The molecule has 5 heavy (non-hydrogen) atoms. The fraction of sp³-hybridized carbons (Fsp3) is 1.00. The smallest absolute Gasteiger partial charge is 0 e. The summed E-state index contributed by atoms with van der Waals surface area (Å²) in [6.07, 6.45) is 0. The van der Waals surface area contributed by atoms with Gasteiger partial charge in [0, 0.05) is 21.7 Å². The first-order valence-electron chi connectivity index (χ1n) is 1.14. The summed E-state index contributed by atoms with van der Waals surface area (Å²) < 4.78 is 0. The molecule has 0 aromatic carbocycles. The molecule has 1 nitrogen and oxygen atoms in total. The molecule has 0 aliphatic rings. The summed E-state index contributed by atoms with van der Waals surface area (Å²) in [7, 11) is 12.0. The van der Waals surface area contributed by atoms with Crippen LogP contribution in [0.1, 0.15) is 0 Å². The Balaban J connectivity index is 0. The number of hydrogen-bond donors (Lipinski definition) is 1. The number of rotatable bonds is 0. The quantitative estimate of drug-likeness (QED) is 0.501. The SMILES string of the molecule is CNC.ClCl. The third-order valence-electron chi connectivity index (χ3n) is 0. The predicted octanol–water partition coefficient (Wildman–Crippen LogP) is 1.21. The highest BCUT2D eigenvalue weighted by molar-refractivity contribution is 6.85. The topological polar surface area (TPSA) is 12.0 Å². The van der Waals surface area contributed by atoms with Crippen molar-refractivity contribution >= 4 is 21.7 Å². The maximum Gasteiger partial charge on any atom is 0 e. The van der Waals surface area contributed by atoms with Crippen molar-refractivity contribution in [2.45, 2.75) is 0 Å². The lowest BCUT2D eigenvalue weighted by atomic mass is 11.3. The Bertz CT molecular complexity index is 7.61. The summed E-state index contributed by atoms with van der Waals surface area (Å²) in [5.74, 6) is 0. The first-order chi connectivity index (χ1) is 2.41. The van der Waals surface area contributed by atoms with Gasteiger partial charge in [0.1, 0.15) is 0 Å². The Morgan fingerprint density at radius 2 is 1.20 bits per heavy atom. The Hall–Kier alpha value is 0.540. The molecule has 0 radical (unpaired) electrons. The number of halogens is 2. The second-order valence-corrected chi connectivity index (χ2v) is 0.500. The van der Waals surface area contributed by atoms with Crippen LogP contribution >= 0.6 is 21.7 Å². The minimum absolute atomic E-state index is 1.88. The van der Waals surface area contributed by atoms with E-state index in [2.05, 4.69) is 27.0 Å². The van der Waals surface area contributed by atoms with Crippen molar-refractivity contribution in [3.63, 3.8) is 0 Å². The Morgan fingerprint density at radius 3 is 1.20 bits per heavy atom. The lowest BCUT2D eigenvalue weighted by Crippen LogP contribution is -1.89. The molecule has 0 amide bonds. The van der Waals surface area contributed by atoms with Gasteiger partial charge in [-0.05, 0) is 14.1 Å². The molecular formula is C2H7Cl2N. The van der Waals surface area contributed by atoms with Crippen molar-refractivity contribution in [1.82, 2.24) is 5.32 Å². The van der Waals surface area contributed by atoms with Gasteiger partial charge in [-0.25, -0.2) is 0 Å². The molecule has 0 saturated carbocycles. The van der Waals surface area contributed by atoms with E-state index in [0.29, 0.717) is 0 Å². The van der Waals surface area contributed by atoms with E-state index in [4.69, 9.17) is 0 Å². The molecule has 0 spiro atoms. The van der Waals surface area contributed by atoms with Crippen molar-refractivity contribution in [1.29, 1.82) is 0 Å². The number of hydrogen-bond acceptors (Lipinski definition) is 1. The molecule has 0 saturated heterocycles. The normalized spacial score (nSPS) is 4.80. The fourth-order valence-corrected chi connectivity index (χ4v) is 0. The van der Waals surface area contributed by atoms with Crippen LogP contribution in [0.2, 0.25) is 0 Å². The zero-order valence-corrected chi connectivity index (χ0v) is 4.77. The summed E-state index contributed by atoms with van der Waals surface area (Å²) in [4.78, 5) is 0. The van der Waals surface area contributed by atoms with E-state index in [9.17, 15) is 0 Å². The Kier molecular flexibility index (Phi) is 43.7. The average Bonchev–Trinajstić information content (AvgIpc) is 1.46. The summed E-state index contributed by atoms with van der Waals surface area (Å²) in [6, 6.07) is 0. The lowest BCUT2D eigenvalue weighted by molar-refractivity contribution is 1.02. The first-order valence-corrected chi connectivity index (χ1v) is 2.29. The van der Waals surface area contributed by atoms with Crippen LogP contribution in [-0.4, -0.2) is 14.1 Å². The van der Waals surface area contributed by atoms with E-state index < -0.39 is 0 Å². The monoisotopic (exact) mass is 115 g/mol. The molecule has 0 unspecified atom stereocenters. The molecule has 3 heteroatoms. The van der Waals surface area contributed by atoms with Gasteiger partial charge in [0.25, 0.3) is 0 Å². The van der Waals surface area contributed by atoms with Gasteiger partial charge in [0.15, 0.2) is 0 Å². The van der Waals surface area contributed by atoms with E-state index in [1.165, 1.54) is 0 Å². The largest absolute Gasteiger partial charge is 0.323 e. The van der Waals surface area contributed by atoms with Crippen LogP contribution in [0.5, 0.6) is 0 Å². The fourth-order valence-electron chi connectivity index (χ4n) is 0. The van der Waals surface area contributed by atoms with Gasteiger partial charge in [0.2, 0.25) is 0 Å².